The number of anilines is 1. The Balaban J connectivity index is 1.17. The molecule has 5 rings (SSSR count). The van der Waals surface area contributed by atoms with Gasteiger partial charge in [-0.25, -0.2) is 4.79 Å². The van der Waals surface area contributed by atoms with E-state index in [1.807, 2.05) is 26.8 Å². The first-order valence-corrected chi connectivity index (χ1v) is 13.3. The summed E-state index contributed by atoms with van der Waals surface area (Å²) in [6.45, 7) is 10.2. The average molecular weight is 526 g/mol. The Morgan fingerprint density at radius 3 is 2.18 bits per heavy atom. The number of benzene rings is 1. The Bertz CT molecular complexity index is 1160. The van der Waals surface area contributed by atoms with Gasteiger partial charge in [-0.15, -0.1) is 0 Å². The second-order valence-corrected chi connectivity index (χ2v) is 11.4. The van der Waals surface area contributed by atoms with E-state index in [9.17, 15) is 24.0 Å². The van der Waals surface area contributed by atoms with E-state index in [4.69, 9.17) is 4.74 Å². The van der Waals surface area contributed by atoms with E-state index >= 15 is 0 Å². The summed E-state index contributed by atoms with van der Waals surface area (Å²) in [6, 6.07) is 4.74. The third-order valence-electron chi connectivity index (χ3n) is 7.74. The van der Waals surface area contributed by atoms with Crippen molar-refractivity contribution in [1.82, 2.24) is 20.0 Å². The van der Waals surface area contributed by atoms with Crippen molar-refractivity contribution in [3.05, 3.63) is 29.3 Å². The van der Waals surface area contributed by atoms with Gasteiger partial charge in [0.15, 0.2) is 0 Å². The monoisotopic (exact) mass is 525 g/mol. The SMILES string of the molecule is CC(C)(C)OC(=O)N1CCN(C2CCN(c3ccc4c(c3)C(=O)N(C3CCC(=O)NC3=O)C4=O)CC2)CC1. The molecular formula is C27H35N5O6. The summed E-state index contributed by atoms with van der Waals surface area (Å²) < 4.78 is 5.50. The van der Waals surface area contributed by atoms with Crippen molar-refractivity contribution in [2.24, 2.45) is 0 Å². The molecule has 1 unspecified atom stereocenters. The summed E-state index contributed by atoms with van der Waals surface area (Å²) in [6.07, 6.45) is 1.90. The van der Waals surface area contributed by atoms with Gasteiger partial charge in [-0.3, -0.25) is 34.3 Å². The molecule has 4 aliphatic heterocycles. The van der Waals surface area contributed by atoms with Crippen molar-refractivity contribution in [3.63, 3.8) is 0 Å². The number of piperidine rings is 2. The van der Waals surface area contributed by atoms with Crippen molar-refractivity contribution in [1.29, 1.82) is 0 Å². The Morgan fingerprint density at radius 1 is 0.895 bits per heavy atom. The van der Waals surface area contributed by atoms with Crippen LogP contribution >= 0.6 is 0 Å². The molecule has 5 amide bonds. The van der Waals surface area contributed by atoms with Crippen LogP contribution in [-0.4, -0.2) is 101 Å². The first-order chi connectivity index (χ1) is 18.0. The largest absolute Gasteiger partial charge is 0.444 e. The number of nitrogens with zero attached hydrogens (tertiary/aromatic N) is 4. The molecule has 1 aromatic carbocycles. The number of fused-ring (bicyclic) bond motifs is 1. The summed E-state index contributed by atoms with van der Waals surface area (Å²) >= 11 is 0. The van der Waals surface area contributed by atoms with Crippen LogP contribution < -0.4 is 10.2 Å². The van der Waals surface area contributed by atoms with Crippen molar-refractivity contribution >= 4 is 35.4 Å². The van der Waals surface area contributed by atoms with Crippen LogP contribution in [0, 0.1) is 0 Å². The maximum atomic E-state index is 13.2. The van der Waals surface area contributed by atoms with Crippen LogP contribution in [-0.2, 0) is 14.3 Å². The molecule has 0 bridgehead atoms. The lowest BCUT2D eigenvalue weighted by molar-refractivity contribution is -0.136. The van der Waals surface area contributed by atoms with Gasteiger partial charge in [-0.2, -0.15) is 0 Å². The molecule has 204 valence electrons. The number of carbonyl (C=O) groups excluding carboxylic acids is 5. The van der Waals surface area contributed by atoms with Gasteiger partial charge < -0.3 is 14.5 Å². The summed E-state index contributed by atoms with van der Waals surface area (Å²) in [5.74, 6) is -1.97. The number of amides is 5. The minimum atomic E-state index is -0.963. The molecule has 1 aromatic rings. The fourth-order valence-corrected chi connectivity index (χ4v) is 5.74. The maximum Gasteiger partial charge on any atom is 0.410 e. The number of ether oxygens (including phenoxy) is 1. The molecule has 4 aliphatic rings. The van der Waals surface area contributed by atoms with Gasteiger partial charge in [0.1, 0.15) is 11.6 Å². The van der Waals surface area contributed by atoms with Crippen molar-refractivity contribution in [2.45, 2.75) is 64.1 Å². The minimum absolute atomic E-state index is 0.0973. The molecule has 38 heavy (non-hydrogen) atoms. The van der Waals surface area contributed by atoms with E-state index in [0.717, 1.165) is 49.6 Å². The van der Waals surface area contributed by atoms with Gasteiger partial charge in [0, 0.05) is 57.4 Å². The molecule has 3 fully saturated rings. The Kier molecular flexibility index (Phi) is 6.89. The molecule has 1 N–H and O–H groups in total. The highest BCUT2D eigenvalue weighted by molar-refractivity contribution is 6.23. The third kappa shape index (κ3) is 5.11. The third-order valence-corrected chi connectivity index (χ3v) is 7.74. The molecule has 0 radical (unpaired) electrons. The predicted molar refractivity (Wildman–Crippen MR) is 138 cm³/mol. The molecule has 4 heterocycles. The summed E-state index contributed by atoms with van der Waals surface area (Å²) in [7, 11) is 0. The molecular weight excluding hydrogens is 490 g/mol. The van der Waals surface area contributed by atoms with E-state index in [-0.39, 0.29) is 18.9 Å². The van der Waals surface area contributed by atoms with Gasteiger partial charge in [-0.05, 0) is 58.2 Å². The topological polar surface area (TPSA) is 120 Å². The second kappa shape index (κ2) is 10.0. The van der Waals surface area contributed by atoms with Crippen LogP contribution in [0.4, 0.5) is 10.5 Å². The lowest BCUT2D eigenvalue weighted by atomic mass is 10.0. The lowest BCUT2D eigenvalue weighted by Crippen LogP contribution is -2.55. The molecule has 0 spiro atoms. The summed E-state index contributed by atoms with van der Waals surface area (Å²) in [4.78, 5) is 69.7. The van der Waals surface area contributed by atoms with Crippen molar-refractivity contribution in [2.75, 3.05) is 44.2 Å². The highest BCUT2D eigenvalue weighted by atomic mass is 16.6. The van der Waals surface area contributed by atoms with Crippen LogP contribution in [0.5, 0.6) is 0 Å². The highest BCUT2D eigenvalue weighted by Gasteiger charge is 2.45. The minimum Gasteiger partial charge on any atom is -0.444 e. The standard InChI is InChI=1S/C27H35N5O6/c1-27(2,3)38-26(37)31-14-12-30(13-15-31)17-8-10-29(11-9-17)18-4-5-19-20(16-18)25(36)32(24(19)35)21-6-7-22(33)28-23(21)34/h4-5,16-17,21H,6-15H2,1-3H3,(H,28,33,34). The molecule has 3 saturated heterocycles. The first-order valence-electron chi connectivity index (χ1n) is 13.3. The summed E-state index contributed by atoms with van der Waals surface area (Å²) in [5, 5.41) is 2.22. The fourth-order valence-electron chi connectivity index (χ4n) is 5.74. The molecule has 0 aromatic heterocycles. The molecule has 0 saturated carbocycles. The number of rotatable bonds is 3. The van der Waals surface area contributed by atoms with E-state index in [1.54, 1.807) is 17.0 Å². The van der Waals surface area contributed by atoms with E-state index < -0.39 is 35.3 Å². The first kappa shape index (κ1) is 26.1. The maximum absolute atomic E-state index is 13.2. The van der Waals surface area contributed by atoms with Crippen LogP contribution in [0.1, 0.15) is 67.2 Å². The molecule has 0 aliphatic carbocycles. The highest BCUT2D eigenvalue weighted by Crippen LogP contribution is 2.32. The molecule has 1 atom stereocenters. The number of hydrogen-bond acceptors (Lipinski definition) is 8. The number of piperazine rings is 1. The van der Waals surface area contributed by atoms with Gasteiger partial charge in [0.2, 0.25) is 11.8 Å². The smallest absolute Gasteiger partial charge is 0.410 e. The Morgan fingerprint density at radius 2 is 1.55 bits per heavy atom. The van der Waals surface area contributed by atoms with Gasteiger partial charge in [0.05, 0.1) is 11.1 Å². The number of hydrogen-bond donors (Lipinski definition) is 1. The number of nitrogens with one attached hydrogen (secondary N) is 1. The quantitative estimate of drug-likeness (QED) is 0.592. The number of carbonyl (C=O) groups is 5. The van der Waals surface area contributed by atoms with Crippen molar-refractivity contribution in [3.8, 4) is 0 Å². The summed E-state index contributed by atoms with van der Waals surface area (Å²) in [5.41, 5.74) is 0.974. The van der Waals surface area contributed by atoms with Crippen LogP contribution in [0.15, 0.2) is 18.2 Å². The fraction of sp³-hybridized carbons (Fsp3) is 0.593. The van der Waals surface area contributed by atoms with Crippen molar-refractivity contribution < 1.29 is 28.7 Å². The average Bonchev–Trinajstić information content (AvgIpc) is 3.12. The zero-order valence-electron chi connectivity index (χ0n) is 22.2. The van der Waals surface area contributed by atoms with E-state index in [2.05, 4.69) is 15.1 Å². The zero-order valence-corrected chi connectivity index (χ0v) is 22.2. The Labute approximate surface area is 222 Å². The van der Waals surface area contributed by atoms with Gasteiger partial charge >= 0.3 is 6.09 Å². The Hall–Kier alpha value is -3.47. The van der Waals surface area contributed by atoms with E-state index in [0.29, 0.717) is 30.3 Å². The van der Waals surface area contributed by atoms with E-state index in [1.165, 1.54) is 0 Å². The van der Waals surface area contributed by atoms with Gasteiger partial charge in [0.25, 0.3) is 11.8 Å². The normalized spacial score (nSPS) is 23.6. The van der Waals surface area contributed by atoms with Crippen LogP contribution in [0.3, 0.4) is 0 Å². The second-order valence-electron chi connectivity index (χ2n) is 11.4. The molecule has 11 heteroatoms. The van der Waals surface area contributed by atoms with Crippen LogP contribution in [0.25, 0.3) is 0 Å². The van der Waals surface area contributed by atoms with Gasteiger partial charge in [-0.1, -0.05) is 0 Å². The van der Waals surface area contributed by atoms with Crippen LogP contribution in [0.2, 0.25) is 0 Å². The molecule has 11 nitrogen and oxygen atoms in total. The lowest BCUT2D eigenvalue weighted by Gasteiger charge is -2.43. The number of imide groups is 2. The zero-order chi connectivity index (χ0) is 27.2. The predicted octanol–water partition coefficient (Wildman–Crippen LogP) is 1.61.